The first-order chi connectivity index (χ1) is 18.5. The number of piperidine rings is 1. The minimum Gasteiger partial charge on any atom is -0.493 e. The zero-order valence-corrected chi connectivity index (χ0v) is 21.6. The number of amides is 1. The van der Waals surface area contributed by atoms with E-state index in [2.05, 4.69) is 37.5 Å². The minimum atomic E-state index is -0.0729. The van der Waals surface area contributed by atoms with E-state index in [-0.39, 0.29) is 11.9 Å². The maximum absolute atomic E-state index is 13.0. The second kappa shape index (κ2) is 10.3. The Labute approximate surface area is 220 Å². The lowest BCUT2D eigenvalue weighted by Crippen LogP contribution is -2.43. The number of pyridine rings is 1. The summed E-state index contributed by atoms with van der Waals surface area (Å²) in [5, 5.41) is 16.0. The number of aromatic amines is 1. The van der Waals surface area contributed by atoms with E-state index in [9.17, 15) is 4.79 Å². The summed E-state index contributed by atoms with van der Waals surface area (Å²) in [5.41, 5.74) is 4.66. The van der Waals surface area contributed by atoms with Crippen LogP contribution < -0.4 is 14.8 Å². The zero-order valence-electron chi connectivity index (χ0n) is 21.6. The van der Waals surface area contributed by atoms with Crippen molar-refractivity contribution >= 4 is 29.0 Å². The van der Waals surface area contributed by atoms with Crippen molar-refractivity contribution in [3.63, 3.8) is 0 Å². The molecule has 2 N–H and O–H groups in total. The van der Waals surface area contributed by atoms with E-state index < -0.39 is 0 Å². The lowest BCUT2D eigenvalue weighted by Gasteiger charge is -2.29. The molecule has 10 heteroatoms. The molecule has 0 saturated carbocycles. The summed E-state index contributed by atoms with van der Waals surface area (Å²) in [4.78, 5) is 19.9. The second-order valence-electron chi connectivity index (χ2n) is 9.90. The molecule has 2 aliphatic rings. The van der Waals surface area contributed by atoms with Gasteiger partial charge in [-0.1, -0.05) is 6.07 Å². The predicted octanol–water partition coefficient (Wildman–Crippen LogP) is 3.51. The number of H-pyrrole nitrogens is 1. The van der Waals surface area contributed by atoms with Crippen molar-refractivity contribution in [3.8, 4) is 22.9 Å². The number of rotatable bonds is 2. The van der Waals surface area contributed by atoms with Gasteiger partial charge in [0, 0.05) is 36.0 Å². The molecular formula is C28H31N7O3. The standard InChI is InChI=1S/C28H31N7O3/c1-34-10-8-20(9-11-34)31-27(36)19-5-4-18-6-7-23-21-15-24(29-17-25(21)33-32-23)22-16-30-35(2)28(22)38-13-3-12-37-26(18)14-19/h4-7,14-17,20H,3,8-13H2,1-2H3,(H,31,36)(H,32,33)/b7-6+. The molecule has 1 fully saturated rings. The summed E-state index contributed by atoms with van der Waals surface area (Å²) in [7, 11) is 3.96. The van der Waals surface area contributed by atoms with Crippen LogP contribution in [0.4, 0.5) is 0 Å². The predicted molar refractivity (Wildman–Crippen MR) is 145 cm³/mol. The molecule has 2 bridgehead atoms. The molecular weight excluding hydrogens is 482 g/mol. The number of aryl methyl sites for hydroxylation is 1. The van der Waals surface area contributed by atoms with Crippen LogP contribution in [-0.2, 0) is 7.05 Å². The van der Waals surface area contributed by atoms with Crippen LogP contribution in [0.15, 0.2) is 36.7 Å². The molecule has 0 atom stereocenters. The summed E-state index contributed by atoms with van der Waals surface area (Å²) in [6.07, 6.45) is 10.0. The molecule has 38 heavy (non-hydrogen) atoms. The number of benzene rings is 1. The van der Waals surface area contributed by atoms with Gasteiger partial charge in [0.15, 0.2) is 0 Å². The number of carbonyl (C=O) groups excluding carboxylic acids is 1. The minimum absolute atomic E-state index is 0.0729. The maximum Gasteiger partial charge on any atom is 0.251 e. The van der Waals surface area contributed by atoms with Crippen LogP contribution >= 0.6 is 0 Å². The number of likely N-dealkylation sites (tertiary alicyclic amines) is 1. The quantitative estimate of drug-likeness (QED) is 0.422. The first-order valence-corrected chi connectivity index (χ1v) is 13.0. The first kappa shape index (κ1) is 24.2. The highest BCUT2D eigenvalue weighted by molar-refractivity contribution is 5.96. The van der Waals surface area contributed by atoms with Gasteiger partial charge in [-0.3, -0.25) is 14.9 Å². The van der Waals surface area contributed by atoms with Crippen LogP contribution in [0.5, 0.6) is 11.6 Å². The monoisotopic (exact) mass is 513 g/mol. The van der Waals surface area contributed by atoms with E-state index >= 15 is 0 Å². The van der Waals surface area contributed by atoms with Crippen molar-refractivity contribution in [3.05, 3.63) is 53.5 Å². The Bertz CT molecular complexity index is 1500. The highest BCUT2D eigenvalue weighted by atomic mass is 16.5. The second-order valence-corrected chi connectivity index (χ2v) is 9.90. The molecule has 0 spiro atoms. The Morgan fingerprint density at radius 1 is 1.08 bits per heavy atom. The molecule has 1 amide bonds. The van der Waals surface area contributed by atoms with Crippen molar-refractivity contribution in [2.75, 3.05) is 33.4 Å². The molecule has 0 radical (unpaired) electrons. The molecule has 6 rings (SSSR count). The molecule has 4 aromatic rings. The topological polar surface area (TPSA) is 110 Å². The van der Waals surface area contributed by atoms with Crippen LogP contribution in [0.2, 0.25) is 0 Å². The summed E-state index contributed by atoms with van der Waals surface area (Å²) in [6.45, 7) is 2.87. The zero-order chi connectivity index (χ0) is 26.1. The molecule has 1 saturated heterocycles. The Morgan fingerprint density at radius 2 is 1.92 bits per heavy atom. The Hall–Kier alpha value is -4.18. The molecule has 0 aliphatic carbocycles. The maximum atomic E-state index is 13.0. The van der Waals surface area contributed by atoms with Crippen molar-refractivity contribution in [1.82, 2.24) is 35.2 Å². The summed E-state index contributed by atoms with van der Waals surface area (Å²) >= 11 is 0. The van der Waals surface area contributed by atoms with Gasteiger partial charge in [-0.15, -0.1) is 0 Å². The normalized spacial score (nSPS) is 17.5. The SMILES string of the molecule is CN1CCC(NC(=O)c2ccc3c(c2)OCCCOc2c(cnn2C)-c2cc4c(n[nH]c4cn2)/C=C/3)CC1. The fraction of sp³-hybridized carbons (Fsp3) is 0.357. The molecule has 196 valence electrons. The van der Waals surface area contributed by atoms with E-state index in [0.717, 1.165) is 59.3 Å². The van der Waals surface area contributed by atoms with Crippen molar-refractivity contribution in [1.29, 1.82) is 0 Å². The number of ether oxygens (including phenoxy) is 2. The first-order valence-electron chi connectivity index (χ1n) is 13.0. The molecule has 10 nitrogen and oxygen atoms in total. The average molecular weight is 514 g/mol. The third-order valence-electron chi connectivity index (χ3n) is 7.17. The van der Waals surface area contributed by atoms with Crippen LogP contribution in [0, 0.1) is 0 Å². The number of carbonyl (C=O) groups is 1. The average Bonchev–Trinajstić information content (AvgIpc) is 3.50. The van der Waals surface area contributed by atoms with Gasteiger partial charge in [-0.05, 0) is 63.3 Å². The Morgan fingerprint density at radius 3 is 2.79 bits per heavy atom. The number of nitrogens with one attached hydrogen (secondary N) is 2. The lowest BCUT2D eigenvalue weighted by molar-refractivity contribution is 0.0916. The van der Waals surface area contributed by atoms with Crippen LogP contribution in [-0.4, -0.2) is 75.2 Å². The summed E-state index contributed by atoms with van der Waals surface area (Å²) < 4.78 is 14.0. The highest BCUT2D eigenvalue weighted by Gasteiger charge is 2.20. The van der Waals surface area contributed by atoms with Gasteiger partial charge in [0.25, 0.3) is 5.91 Å². The molecule has 2 aliphatic heterocycles. The van der Waals surface area contributed by atoms with Gasteiger partial charge < -0.3 is 19.7 Å². The van der Waals surface area contributed by atoms with E-state index in [4.69, 9.17) is 9.47 Å². The number of nitrogens with zero attached hydrogens (tertiary/aromatic N) is 5. The highest BCUT2D eigenvalue weighted by Crippen LogP contribution is 2.31. The largest absolute Gasteiger partial charge is 0.493 e. The van der Waals surface area contributed by atoms with E-state index in [1.165, 1.54) is 0 Å². The fourth-order valence-corrected chi connectivity index (χ4v) is 4.92. The number of hydrogen-bond acceptors (Lipinski definition) is 7. The smallest absolute Gasteiger partial charge is 0.251 e. The summed E-state index contributed by atoms with van der Waals surface area (Å²) in [6, 6.07) is 7.79. The molecule has 1 aromatic carbocycles. The molecule has 3 aromatic heterocycles. The Kier molecular flexibility index (Phi) is 6.55. The van der Waals surface area contributed by atoms with Gasteiger partial charge in [-0.25, -0.2) is 4.68 Å². The van der Waals surface area contributed by atoms with E-state index in [1.54, 1.807) is 17.1 Å². The van der Waals surface area contributed by atoms with Gasteiger partial charge in [0.2, 0.25) is 5.88 Å². The number of hydrogen-bond donors (Lipinski definition) is 2. The van der Waals surface area contributed by atoms with E-state index in [0.29, 0.717) is 36.8 Å². The Balaban J connectivity index is 1.31. The van der Waals surface area contributed by atoms with Gasteiger partial charge in [0.1, 0.15) is 5.75 Å². The van der Waals surface area contributed by atoms with Gasteiger partial charge >= 0.3 is 0 Å². The third kappa shape index (κ3) is 4.87. The van der Waals surface area contributed by atoms with Crippen LogP contribution in [0.3, 0.4) is 0 Å². The van der Waals surface area contributed by atoms with Crippen LogP contribution in [0.1, 0.15) is 40.9 Å². The fourth-order valence-electron chi connectivity index (χ4n) is 4.92. The van der Waals surface area contributed by atoms with Crippen molar-refractivity contribution in [2.45, 2.75) is 25.3 Å². The van der Waals surface area contributed by atoms with E-state index in [1.807, 2.05) is 43.5 Å². The summed E-state index contributed by atoms with van der Waals surface area (Å²) in [5.74, 6) is 1.23. The molecule has 5 heterocycles. The molecule has 0 unspecified atom stereocenters. The van der Waals surface area contributed by atoms with Crippen LogP contribution in [0.25, 0.3) is 34.3 Å². The lowest BCUT2D eigenvalue weighted by atomic mass is 10.0. The van der Waals surface area contributed by atoms with Crippen molar-refractivity contribution < 1.29 is 14.3 Å². The number of aromatic nitrogens is 5. The van der Waals surface area contributed by atoms with Gasteiger partial charge in [0.05, 0.1) is 48.1 Å². The third-order valence-corrected chi connectivity index (χ3v) is 7.17. The van der Waals surface area contributed by atoms with Crippen molar-refractivity contribution in [2.24, 2.45) is 7.05 Å². The number of fused-ring (bicyclic) bond motifs is 4. The van der Waals surface area contributed by atoms with Gasteiger partial charge in [-0.2, -0.15) is 10.2 Å².